The highest BCUT2D eigenvalue weighted by Crippen LogP contribution is 2.48. The summed E-state index contributed by atoms with van der Waals surface area (Å²) in [4.78, 5) is 12.1. The second kappa shape index (κ2) is 4.06. The first-order chi connectivity index (χ1) is 7.72. The zero-order valence-electron chi connectivity index (χ0n) is 11.1. The Labute approximate surface area is 103 Å². The highest BCUT2D eigenvalue weighted by molar-refractivity contribution is 5.82. The molecular formula is C14H24O3. The Hall–Kier alpha value is -0.410. The lowest BCUT2D eigenvalue weighted by atomic mass is 9.76. The van der Waals surface area contributed by atoms with E-state index in [0.717, 1.165) is 19.3 Å². The molecule has 3 nitrogen and oxygen atoms in total. The van der Waals surface area contributed by atoms with Crippen molar-refractivity contribution < 1.29 is 15.0 Å². The van der Waals surface area contributed by atoms with Gasteiger partial charge in [-0.15, -0.1) is 0 Å². The van der Waals surface area contributed by atoms with Crippen LogP contribution in [0.5, 0.6) is 0 Å². The molecule has 0 aliphatic heterocycles. The van der Waals surface area contributed by atoms with Crippen LogP contribution in [0.1, 0.15) is 52.9 Å². The summed E-state index contributed by atoms with van der Waals surface area (Å²) in [5.41, 5.74) is -1.48. The Balaban J connectivity index is 2.24. The summed E-state index contributed by atoms with van der Waals surface area (Å²) in [6, 6.07) is 0. The lowest BCUT2D eigenvalue weighted by molar-refractivity contribution is -0.124. The van der Waals surface area contributed by atoms with Gasteiger partial charge in [-0.1, -0.05) is 0 Å². The van der Waals surface area contributed by atoms with E-state index in [0.29, 0.717) is 18.6 Å². The van der Waals surface area contributed by atoms with Gasteiger partial charge in [0.1, 0.15) is 5.78 Å². The molecule has 98 valence electrons. The smallest absolute Gasteiger partial charge is 0.136 e. The number of hydrogen-bond acceptors (Lipinski definition) is 3. The largest absolute Gasteiger partial charge is 0.390 e. The minimum Gasteiger partial charge on any atom is -0.390 e. The molecule has 2 fully saturated rings. The Bertz CT molecular complexity index is 314. The Morgan fingerprint density at radius 1 is 1.35 bits per heavy atom. The van der Waals surface area contributed by atoms with Crippen molar-refractivity contribution in [2.24, 2.45) is 17.8 Å². The molecule has 2 aliphatic rings. The van der Waals surface area contributed by atoms with Crippen LogP contribution < -0.4 is 0 Å². The fourth-order valence-corrected chi connectivity index (χ4v) is 3.64. The van der Waals surface area contributed by atoms with Crippen LogP contribution in [0.3, 0.4) is 0 Å². The molecule has 0 radical (unpaired) electrons. The van der Waals surface area contributed by atoms with Gasteiger partial charge in [0.2, 0.25) is 0 Å². The number of ketones is 1. The van der Waals surface area contributed by atoms with Crippen molar-refractivity contribution in [3.63, 3.8) is 0 Å². The molecule has 0 spiro atoms. The van der Waals surface area contributed by atoms with Gasteiger partial charge in [-0.3, -0.25) is 4.79 Å². The van der Waals surface area contributed by atoms with Crippen molar-refractivity contribution in [1.29, 1.82) is 0 Å². The normalized spacial score (nSPS) is 43.4. The standard InChI is InChI=1S/C14H24O3/c1-13(2,16)9-4-5-12(15)10-6-7-14(3,17)11(10)8-9/h9-11,16-17H,4-8H2,1-3H3/t9-,10+,11-,14-/m1/s1. The third kappa shape index (κ3) is 2.41. The number of fused-ring (bicyclic) bond motifs is 1. The predicted molar refractivity (Wildman–Crippen MR) is 65.5 cm³/mol. The summed E-state index contributed by atoms with van der Waals surface area (Å²) in [5.74, 6) is 0.469. The SMILES string of the molecule is CC(C)(O)[C@@H]1CCC(=O)[C@H]2CC[C@@](C)(O)[C@@H]2C1. The summed E-state index contributed by atoms with van der Waals surface area (Å²) in [5, 5.41) is 20.5. The predicted octanol–water partition coefficient (Wildman–Crippen LogP) is 1.90. The molecule has 2 rings (SSSR count). The van der Waals surface area contributed by atoms with Crippen LogP contribution in [-0.4, -0.2) is 27.2 Å². The molecule has 0 unspecified atom stereocenters. The molecule has 17 heavy (non-hydrogen) atoms. The van der Waals surface area contributed by atoms with Gasteiger partial charge in [0, 0.05) is 12.3 Å². The van der Waals surface area contributed by atoms with Crippen LogP contribution in [-0.2, 0) is 4.79 Å². The first kappa shape index (κ1) is 13.0. The zero-order valence-corrected chi connectivity index (χ0v) is 11.1. The van der Waals surface area contributed by atoms with E-state index >= 15 is 0 Å². The van der Waals surface area contributed by atoms with Gasteiger partial charge in [-0.05, 0) is 58.3 Å². The minimum atomic E-state index is -0.756. The second-order valence-electron chi connectivity index (χ2n) is 6.70. The minimum absolute atomic E-state index is 0.0253. The molecule has 2 aliphatic carbocycles. The summed E-state index contributed by atoms with van der Waals surface area (Å²) >= 11 is 0. The van der Waals surface area contributed by atoms with Crippen molar-refractivity contribution in [3.05, 3.63) is 0 Å². The Kier molecular flexibility index (Phi) is 3.11. The molecule has 0 aromatic rings. The summed E-state index contributed by atoms with van der Waals surface area (Å²) in [6.45, 7) is 5.47. The first-order valence-electron chi connectivity index (χ1n) is 6.69. The van der Waals surface area contributed by atoms with Crippen molar-refractivity contribution in [1.82, 2.24) is 0 Å². The van der Waals surface area contributed by atoms with Crippen molar-refractivity contribution >= 4 is 5.78 Å². The van der Waals surface area contributed by atoms with Gasteiger partial charge in [0.25, 0.3) is 0 Å². The topological polar surface area (TPSA) is 57.5 Å². The van der Waals surface area contributed by atoms with E-state index in [9.17, 15) is 15.0 Å². The highest BCUT2D eigenvalue weighted by Gasteiger charge is 2.50. The van der Waals surface area contributed by atoms with E-state index in [4.69, 9.17) is 0 Å². The fourth-order valence-electron chi connectivity index (χ4n) is 3.64. The van der Waals surface area contributed by atoms with Crippen LogP contribution >= 0.6 is 0 Å². The molecule has 0 heterocycles. The molecule has 0 saturated heterocycles. The lowest BCUT2D eigenvalue weighted by Crippen LogP contribution is -2.38. The number of rotatable bonds is 1. The maximum atomic E-state index is 12.1. The zero-order chi connectivity index (χ0) is 12.8. The Morgan fingerprint density at radius 2 is 2.00 bits per heavy atom. The maximum Gasteiger partial charge on any atom is 0.136 e. The number of hydrogen-bond donors (Lipinski definition) is 2. The van der Waals surface area contributed by atoms with Gasteiger partial charge >= 0.3 is 0 Å². The van der Waals surface area contributed by atoms with Crippen LogP contribution in [0.4, 0.5) is 0 Å². The molecule has 0 bridgehead atoms. The van der Waals surface area contributed by atoms with E-state index in [2.05, 4.69) is 0 Å². The van der Waals surface area contributed by atoms with E-state index in [1.807, 2.05) is 20.8 Å². The van der Waals surface area contributed by atoms with Gasteiger partial charge in [0.05, 0.1) is 11.2 Å². The Morgan fingerprint density at radius 3 is 2.59 bits per heavy atom. The molecule has 0 aromatic heterocycles. The third-order valence-corrected chi connectivity index (χ3v) is 4.94. The van der Waals surface area contributed by atoms with Crippen molar-refractivity contribution in [3.8, 4) is 0 Å². The maximum absolute atomic E-state index is 12.1. The van der Waals surface area contributed by atoms with Crippen molar-refractivity contribution in [2.75, 3.05) is 0 Å². The van der Waals surface area contributed by atoms with Crippen molar-refractivity contribution in [2.45, 2.75) is 64.1 Å². The number of Topliss-reactive ketones (excluding diaryl/α,β-unsaturated/α-hetero) is 1. The first-order valence-corrected chi connectivity index (χ1v) is 6.69. The molecule has 0 aromatic carbocycles. The molecule has 2 N–H and O–H groups in total. The van der Waals surface area contributed by atoms with Gasteiger partial charge in [-0.2, -0.15) is 0 Å². The quantitative estimate of drug-likeness (QED) is 0.736. The monoisotopic (exact) mass is 240 g/mol. The van der Waals surface area contributed by atoms with E-state index in [-0.39, 0.29) is 17.8 Å². The summed E-state index contributed by atoms with van der Waals surface area (Å²) in [7, 11) is 0. The number of carbonyl (C=O) groups is 1. The molecule has 2 saturated carbocycles. The molecule has 4 atom stereocenters. The average Bonchev–Trinajstić information content (AvgIpc) is 2.37. The fraction of sp³-hybridized carbons (Fsp3) is 0.929. The van der Waals surface area contributed by atoms with Crippen LogP contribution in [0.2, 0.25) is 0 Å². The third-order valence-electron chi connectivity index (χ3n) is 4.94. The van der Waals surface area contributed by atoms with Gasteiger partial charge < -0.3 is 10.2 Å². The molecule has 3 heteroatoms. The van der Waals surface area contributed by atoms with Gasteiger partial charge in [-0.25, -0.2) is 0 Å². The van der Waals surface area contributed by atoms with Crippen LogP contribution in [0, 0.1) is 17.8 Å². The van der Waals surface area contributed by atoms with E-state index < -0.39 is 11.2 Å². The van der Waals surface area contributed by atoms with Crippen LogP contribution in [0.25, 0.3) is 0 Å². The molecule has 0 amide bonds. The highest BCUT2D eigenvalue weighted by atomic mass is 16.3. The van der Waals surface area contributed by atoms with Crippen LogP contribution in [0.15, 0.2) is 0 Å². The molecular weight excluding hydrogens is 216 g/mol. The summed E-state index contributed by atoms with van der Waals surface area (Å²) in [6.07, 6.45) is 3.62. The average molecular weight is 240 g/mol. The second-order valence-corrected chi connectivity index (χ2v) is 6.70. The number of carbonyl (C=O) groups excluding carboxylic acids is 1. The van der Waals surface area contributed by atoms with E-state index in [1.54, 1.807) is 0 Å². The van der Waals surface area contributed by atoms with E-state index in [1.165, 1.54) is 0 Å². The lowest BCUT2D eigenvalue weighted by Gasteiger charge is -2.34. The summed E-state index contributed by atoms with van der Waals surface area (Å²) < 4.78 is 0. The number of aliphatic hydroxyl groups is 2. The van der Waals surface area contributed by atoms with Gasteiger partial charge in [0.15, 0.2) is 0 Å².